The number of nitro groups is 1. The van der Waals surface area contributed by atoms with Crippen molar-refractivity contribution in [1.82, 2.24) is 14.7 Å². The monoisotopic (exact) mass is 482 g/mol. The van der Waals surface area contributed by atoms with Gasteiger partial charge in [0.1, 0.15) is 5.69 Å². The third kappa shape index (κ3) is 4.79. The number of esters is 1. The normalized spacial score (nSPS) is 14.1. The molecular weight excluding hydrogens is 460 g/mol. The van der Waals surface area contributed by atoms with Crippen molar-refractivity contribution < 1.29 is 19.2 Å². The molecule has 0 radical (unpaired) electrons. The molecule has 2 aromatic carbocycles. The van der Waals surface area contributed by atoms with E-state index in [1.165, 1.54) is 16.8 Å². The van der Waals surface area contributed by atoms with Crippen LogP contribution >= 0.6 is 11.6 Å². The van der Waals surface area contributed by atoms with Gasteiger partial charge in [-0.3, -0.25) is 19.7 Å². The van der Waals surface area contributed by atoms with Gasteiger partial charge in [-0.25, -0.2) is 4.68 Å². The van der Waals surface area contributed by atoms with Crippen molar-refractivity contribution in [3.05, 3.63) is 75.4 Å². The van der Waals surface area contributed by atoms with E-state index in [0.717, 1.165) is 0 Å². The molecule has 0 atom stereocenters. The standard InChI is InChI=1S/C24H23ClN4O5/c1-2-34-24(31)17-11-13-27(14-12-17)23(30)22-15-20(16-7-9-18(10-8-16)29(32)33)26-28(22)21-6-4-3-5-19(21)25/h3-10,15,17H,2,11-14H2,1H3. The summed E-state index contributed by atoms with van der Waals surface area (Å²) < 4.78 is 6.61. The van der Waals surface area contributed by atoms with Gasteiger partial charge >= 0.3 is 5.97 Å². The van der Waals surface area contributed by atoms with E-state index < -0.39 is 4.92 Å². The van der Waals surface area contributed by atoms with E-state index >= 15 is 0 Å². The van der Waals surface area contributed by atoms with E-state index in [1.807, 2.05) is 0 Å². The summed E-state index contributed by atoms with van der Waals surface area (Å²) in [4.78, 5) is 37.8. The molecule has 1 saturated heterocycles. The maximum absolute atomic E-state index is 13.5. The van der Waals surface area contributed by atoms with Crippen molar-refractivity contribution >= 4 is 29.2 Å². The molecular formula is C24H23ClN4O5. The predicted octanol–water partition coefficient (Wildman–Crippen LogP) is 4.52. The highest BCUT2D eigenvalue weighted by Crippen LogP contribution is 2.28. The van der Waals surface area contributed by atoms with Gasteiger partial charge in [-0.05, 0) is 50.1 Å². The number of amides is 1. The fraction of sp³-hybridized carbons (Fsp3) is 0.292. The van der Waals surface area contributed by atoms with E-state index in [1.54, 1.807) is 54.3 Å². The SMILES string of the molecule is CCOC(=O)C1CCN(C(=O)c2cc(-c3ccc([N+](=O)[O-])cc3)nn2-c2ccccc2Cl)CC1. The Morgan fingerprint density at radius 2 is 1.82 bits per heavy atom. The summed E-state index contributed by atoms with van der Waals surface area (Å²) >= 11 is 6.40. The molecule has 0 unspecified atom stereocenters. The van der Waals surface area contributed by atoms with Crippen LogP contribution in [0.15, 0.2) is 54.6 Å². The number of hydrogen-bond acceptors (Lipinski definition) is 6. The number of carbonyl (C=O) groups is 2. The lowest BCUT2D eigenvalue weighted by atomic mass is 9.97. The summed E-state index contributed by atoms with van der Waals surface area (Å²) in [5.41, 5.74) is 1.94. The molecule has 0 saturated carbocycles. The predicted molar refractivity (Wildman–Crippen MR) is 126 cm³/mol. The van der Waals surface area contributed by atoms with Crippen molar-refractivity contribution in [2.75, 3.05) is 19.7 Å². The summed E-state index contributed by atoms with van der Waals surface area (Å²) in [5, 5.41) is 16.0. The van der Waals surface area contributed by atoms with Gasteiger partial charge in [0.2, 0.25) is 0 Å². The minimum Gasteiger partial charge on any atom is -0.466 e. The second-order valence-electron chi connectivity index (χ2n) is 7.90. The molecule has 1 amide bonds. The van der Waals surface area contributed by atoms with Crippen LogP contribution in [0.4, 0.5) is 5.69 Å². The van der Waals surface area contributed by atoms with Crippen LogP contribution in [0.3, 0.4) is 0 Å². The van der Waals surface area contributed by atoms with Crippen LogP contribution in [0.5, 0.6) is 0 Å². The van der Waals surface area contributed by atoms with Crippen molar-refractivity contribution in [2.45, 2.75) is 19.8 Å². The summed E-state index contributed by atoms with van der Waals surface area (Å²) in [7, 11) is 0. The molecule has 3 aromatic rings. The highest BCUT2D eigenvalue weighted by molar-refractivity contribution is 6.32. The van der Waals surface area contributed by atoms with Gasteiger partial charge in [0.05, 0.1) is 33.9 Å². The van der Waals surface area contributed by atoms with Crippen LogP contribution in [0.25, 0.3) is 16.9 Å². The summed E-state index contributed by atoms with van der Waals surface area (Å²) in [6.07, 6.45) is 1.06. The first kappa shape index (κ1) is 23.4. The Kier molecular flexibility index (Phi) is 6.93. The summed E-state index contributed by atoms with van der Waals surface area (Å²) in [6.45, 7) is 2.95. The Bertz CT molecular complexity index is 1220. The van der Waals surface area contributed by atoms with Crippen LogP contribution in [-0.2, 0) is 9.53 Å². The Balaban J connectivity index is 1.66. The second kappa shape index (κ2) is 10.0. The molecule has 176 valence electrons. The van der Waals surface area contributed by atoms with Gasteiger partial charge in [-0.2, -0.15) is 5.10 Å². The molecule has 10 heteroatoms. The summed E-state index contributed by atoms with van der Waals surface area (Å²) in [6, 6.07) is 14.7. The van der Waals surface area contributed by atoms with Crippen molar-refractivity contribution in [3.63, 3.8) is 0 Å². The largest absolute Gasteiger partial charge is 0.466 e. The third-order valence-electron chi connectivity index (χ3n) is 5.79. The van der Waals surface area contributed by atoms with E-state index in [-0.39, 0.29) is 23.5 Å². The van der Waals surface area contributed by atoms with Crippen molar-refractivity contribution in [1.29, 1.82) is 0 Å². The Morgan fingerprint density at radius 1 is 1.15 bits per heavy atom. The van der Waals surface area contributed by atoms with Gasteiger partial charge in [0.25, 0.3) is 11.6 Å². The van der Waals surface area contributed by atoms with Crippen LogP contribution in [0.2, 0.25) is 5.02 Å². The minimum atomic E-state index is -0.471. The second-order valence-corrected chi connectivity index (χ2v) is 8.31. The number of hydrogen-bond donors (Lipinski definition) is 0. The first-order chi connectivity index (χ1) is 16.4. The molecule has 0 spiro atoms. The number of para-hydroxylation sites is 1. The van der Waals surface area contributed by atoms with E-state index in [9.17, 15) is 19.7 Å². The maximum atomic E-state index is 13.5. The molecule has 1 fully saturated rings. The first-order valence-corrected chi connectivity index (χ1v) is 11.3. The fourth-order valence-corrected chi connectivity index (χ4v) is 4.19. The molecule has 0 bridgehead atoms. The lowest BCUT2D eigenvalue weighted by Gasteiger charge is -2.30. The third-order valence-corrected chi connectivity index (χ3v) is 6.10. The highest BCUT2D eigenvalue weighted by Gasteiger charge is 2.31. The zero-order valence-electron chi connectivity index (χ0n) is 18.5. The van der Waals surface area contributed by atoms with Gasteiger partial charge < -0.3 is 9.64 Å². The van der Waals surface area contributed by atoms with E-state index in [0.29, 0.717) is 60.2 Å². The molecule has 0 N–H and O–H groups in total. The number of aromatic nitrogens is 2. The smallest absolute Gasteiger partial charge is 0.309 e. The molecule has 0 aliphatic carbocycles. The van der Waals surface area contributed by atoms with Crippen LogP contribution in [0, 0.1) is 16.0 Å². The Labute approximate surface area is 201 Å². The molecule has 34 heavy (non-hydrogen) atoms. The van der Waals surface area contributed by atoms with E-state index in [4.69, 9.17) is 16.3 Å². The van der Waals surface area contributed by atoms with Gasteiger partial charge in [0, 0.05) is 30.8 Å². The molecule has 1 aliphatic rings. The number of ether oxygens (including phenoxy) is 1. The average Bonchev–Trinajstić information content (AvgIpc) is 3.29. The van der Waals surface area contributed by atoms with Gasteiger partial charge in [0.15, 0.2) is 0 Å². The summed E-state index contributed by atoms with van der Waals surface area (Å²) in [5.74, 6) is -0.674. The number of non-ortho nitro benzene ring substituents is 1. The first-order valence-electron chi connectivity index (χ1n) is 10.9. The molecule has 1 aromatic heterocycles. The lowest BCUT2D eigenvalue weighted by Crippen LogP contribution is -2.41. The molecule has 9 nitrogen and oxygen atoms in total. The number of benzene rings is 2. The van der Waals surface area contributed by atoms with Gasteiger partial charge in [-0.15, -0.1) is 0 Å². The quantitative estimate of drug-likeness (QED) is 0.290. The molecule has 1 aliphatic heterocycles. The minimum absolute atomic E-state index is 0.0324. The highest BCUT2D eigenvalue weighted by atomic mass is 35.5. The Morgan fingerprint density at radius 3 is 2.44 bits per heavy atom. The van der Waals surface area contributed by atoms with E-state index in [2.05, 4.69) is 5.10 Å². The number of nitrogens with zero attached hydrogens (tertiary/aromatic N) is 4. The fourth-order valence-electron chi connectivity index (χ4n) is 3.98. The number of rotatable bonds is 6. The van der Waals surface area contributed by atoms with Crippen LogP contribution in [0.1, 0.15) is 30.3 Å². The topological polar surface area (TPSA) is 108 Å². The van der Waals surface area contributed by atoms with Gasteiger partial charge in [-0.1, -0.05) is 23.7 Å². The average molecular weight is 483 g/mol. The Hall–Kier alpha value is -3.72. The molecule has 2 heterocycles. The number of likely N-dealkylation sites (tertiary alicyclic amines) is 1. The zero-order chi connectivity index (χ0) is 24.2. The van der Waals surface area contributed by atoms with Crippen LogP contribution in [-0.4, -0.2) is 51.2 Å². The van der Waals surface area contributed by atoms with Crippen molar-refractivity contribution in [2.24, 2.45) is 5.92 Å². The zero-order valence-corrected chi connectivity index (χ0v) is 19.3. The number of nitro benzene ring substituents is 1. The lowest BCUT2D eigenvalue weighted by molar-refractivity contribution is -0.384. The number of piperidine rings is 1. The number of carbonyl (C=O) groups excluding carboxylic acids is 2. The van der Waals surface area contributed by atoms with Crippen molar-refractivity contribution in [3.8, 4) is 16.9 Å². The molecule has 4 rings (SSSR count). The number of halogens is 1. The maximum Gasteiger partial charge on any atom is 0.309 e. The van der Waals surface area contributed by atoms with Crippen LogP contribution < -0.4 is 0 Å².